The van der Waals surface area contributed by atoms with Crippen LogP contribution in [0.25, 0.3) is 0 Å². The van der Waals surface area contributed by atoms with E-state index >= 15 is 0 Å². The molecule has 0 saturated carbocycles. The van der Waals surface area contributed by atoms with Gasteiger partial charge in [0, 0.05) is 13.5 Å². The lowest BCUT2D eigenvalue weighted by Gasteiger charge is -2.22. The first kappa shape index (κ1) is 12.8. The normalized spacial score (nSPS) is 15.7. The maximum atomic E-state index is 9.32. The summed E-state index contributed by atoms with van der Waals surface area (Å²) in [6.07, 6.45) is 0. The van der Waals surface area contributed by atoms with Crippen LogP contribution in [0.3, 0.4) is 0 Å². The molecule has 0 aliphatic rings. The predicted molar refractivity (Wildman–Crippen MR) is 46.1 cm³/mol. The Morgan fingerprint density at radius 1 is 1.15 bits per heavy atom. The lowest BCUT2D eigenvalue weighted by atomic mass is 10.6. The molecule has 0 spiro atoms. The zero-order valence-electron chi connectivity index (χ0n) is 8.15. The van der Waals surface area contributed by atoms with Gasteiger partial charge in [0.2, 0.25) is 0 Å². The average molecular weight is 194 g/mol. The zero-order chi connectivity index (χ0) is 10.2. The monoisotopic (exact) mass is 194 g/mol. The van der Waals surface area contributed by atoms with Gasteiger partial charge in [-0.3, -0.25) is 0 Å². The summed E-state index contributed by atoms with van der Waals surface area (Å²) in [5.41, 5.74) is 0. The number of aliphatic hydroxyl groups is 2. The van der Waals surface area contributed by atoms with Crippen molar-refractivity contribution in [2.75, 3.05) is 33.0 Å². The molecule has 0 radical (unpaired) electrons. The number of hydrogen-bond acceptors (Lipinski definition) is 5. The lowest BCUT2D eigenvalue weighted by molar-refractivity contribution is -0.349. The van der Waals surface area contributed by atoms with Crippen molar-refractivity contribution in [1.29, 1.82) is 0 Å². The van der Waals surface area contributed by atoms with Gasteiger partial charge in [0.15, 0.2) is 0 Å². The second kappa shape index (κ2) is 7.23. The van der Waals surface area contributed by atoms with Crippen LogP contribution in [0.4, 0.5) is 0 Å². The van der Waals surface area contributed by atoms with Crippen molar-refractivity contribution in [3.63, 3.8) is 0 Å². The Morgan fingerprint density at radius 2 is 1.85 bits per heavy atom. The van der Waals surface area contributed by atoms with Gasteiger partial charge in [0.25, 0.3) is 5.97 Å². The lowest BCUT2D eigenvalue weighted by Crippen LogP contribution is -2.33. The minimum atomic E-state index is -1.54. The van der Waals surface area contributed by atoms with Gasteiger partial charge in [0.1, 0.15) is 0 Å². The molecule has 80 valence electrons. The van der Waals surface area contributed by atoms with Gasteiger partial charge in [-0.25, -0.2) is 0 Å². The number of ether oxygens (including phenoxy) is 3. The van der Waals surface area contributed by atoms with E-state index in [9.17, 15) is 5.11 Å². The van der Waals surface area contributed by atoms with Gasteiger partial charge in [-0.05, 0) is 6.92 Å². The summed E-state index contributed by atoms with van der Waals surface area (Å²) in [7, 11) is 0. The first-order valence-corrected chi connectivity index (χ1v) is 4.31. The second-order valence-electron chi connectivity index (χ2n) is 2.52. The van der Waals surface area contributed by atoms with E-state index in [0.29, 0.717) is 13.2 Å². The molecule has 0 amide bonds. The Kier molecular flexibility index (Phi) is 7.12. The minimum Gasteiger partial charge on any atom is -0.394 e. The van der Waals surface area contributed by atoms with Crippen molar-refractivity contribution in [2.24, 2.45) is 0 Å². The summed E-state index contributed by atoms with van der Waals surface area (Å²) in [5, 5.41) is 17.7. The molecule has 0 aromatic carbocycles. The van der Waals surface area contributed by atoms with Crippen LogP contribution >= 0.6 is 0 Å². The summed E-state index contributed by atoms with van der Waals surface area (Å²) < 4.78 is 14.7. The molecule has 0 rings (SSSR count). The van der Waals surface area contributed by atoms with E-state index in [1.54, 1.807) is 6.92 Å². The zero-order valence-corrected chi connectivity index (χ0v) is 8.15. The number of rotatable bonds is 8. The first-order valence-electron chi connectivity index (χ1n) is 4.31. The topological polar surface area (TPSA) is 68.2 Å². The molecule has 0 heterocycles. The molecule has 0 fully saturated rings. The van der Waals surface area contributed by atoms with E-state index < -0.39 is 5.97 Å². The van der Waals surface area contributed by atoms with Crippen LogP contribution in [0, 0.1) is 0 Å². The summed E-state index contributed by atoms with van der Waals surface area (Å²) in [6, 6.07) is 0. The fourth-order valence-corrected chi connectivity index (χ4v) is 0.766. The van der Waals surface area contributed by atoms with E-state index in [1.807, 2.05) is 0 Å². The third-order valence-electron chi connectivity index (χ3n) is 1.25. The van der Waals surface area contributed by atoms with E-state index in [2.05, 4.69) is 0 Å². The van der Waals surface area contributed by atoms with Crippen molar-refractivity contribution in [1.82, 2.24) is 0 Å². The SMILES string of the molecule is CCOC(C)(O)OCCOCCO. The van der Waals surface area contributed by atoms with Gasteiger partial charge in [-0.1, -0.05) is 0 Å². The summed E-state index contributed by atoms with van der Waals surface area (Å²) in [4.78, 5) is 0. The Labute approximate surface area is 78.2 Å². The summed E-state index contributed by atoms with van der Waals surface area (Å²) >= 11 is 0. The molecular formula is C8H18O5. The molecule has 1 atom stereocenters. The standard InChI is InChI=1S/C8H18O5/c1-3-12-8(2,10)13-7-6-11-5-4-9/h9-10H,3-7H2,1-2H3. The molecule has 5 nitrogen and oxygen atoms in total. The molecule has 0 bridgehead atoms. The van der Waals surface area contributed by atoms with Crippen LogP contribution in [0.15, 0.2) is 0 Å². The third kappa shape index (κ3) is 8.14. The smallest absolute Gasteiger partial charge is 0.277 e. The molecule has 0 aliphatic heterocycles. The van der Waals surface area contributed by atoms with Crippen molar-refractivity contribution >= 4 is 0 Å². The van der Waals surface area contributed by atoms with Crippen molar-refractivity contribution in [3.05, 3.63) is 0 Å². The predicted octanol–water partition coefficient (Wildman–Crippen LogP) is -0.286. The fourth-order valence-electron chi connectivity index (χ4n) is 0.766. The van der Waals surface area contributed by atoms with Crippen LogP contribution < -0.4 is 0 Å². The molecule has 2 N–H and O–H groups in total. The number of hydrogen-bond donors (Lipinski definition) is 2. The van der Waals surface area contributed by atoms with Crippen LogP contribution in [-0.2, 0) is 14.2 Å². The van der Waals surface area contributed by atoms with E-state index in [0.717, 1.165) is 0 Å². The molecule has 0 aromatic heterocycles. The van der Waals surface area contributed by atoms with Gasteiger partial charge < -0.3 is 24.4 Å². The molecule has 0 saturated heterocycles. The molecule has 13 heavy (non-hydrogen) atoms. The fraction of sp³-hybridized carbons (Fsp3) is 1.00. The highest BCUT2D eigenvalue weighted by Crippen LogP contribution is 2.06. The first-order chi connectivity index (χ1) is 6.12. The molecule has 0 aliphatic carbocycles. The van der Waals surface area contributed by atoms with Crippen LogP contribution in [0.5, 0.6) is 0 Å². The summed E-state index contributed by atoms with van der Waals surface area (Å²) in [6.45, 7) is 4.38. The largest absolute Gasteiger partial charge is 0.394 e. The highest BCUT2D eigenvalue weighted by molar-refractivity contribution is 4.42. The Bertz CT molecular complexity index is 115. The van der Waals surface area contributed by atoms with E-state index in [1.165, 1.54) is 6.92 Å². The highest BCUT2D eigenvalue weighted by atomic mass is 16.8. The van der Waals surface area contributed by atoms with Crippen LogP contribution in [-0.4, -0.2) is 49.2 Å². The molecular weight excluding hydrogens is 176 g/mol. The maximum absolute atomic E-state index is 9.32. The van der Waals surface area contributed by atoms with Crippen molar-refractivity contribution in [3.8, 4) is 0 Å². The van der Waals surface area contributed by atoms with E-state index in [-0.39, 0.29) is 19.8 Å². The van der Waals surface area contributed by atoms with Gasteiger partial charge in [-0.15, -0.1) is 0 Å². The van der Waals surface area contributed by atoms with Crippen LogP contribution in [0.1, 0.15) is 13.8 Å². The molecule has 1 unspecified atom stereocenters. The number of aliphatic hydroxyl groups excluding tert-OH is 1. The van der Waals surface area contributed by atoms with Gasteiger partial charge in [-0.2, -0.15) is 0 Å². The Morgan fingerprint density at radius 3 is 2.38 bits per heavy atom. The Balaban J connectivity index is 3.29. The van der Waals surface area contributed by atoms with Crippen molar-refractivity contribution < 1.29 is 24.4 Å². The van der Waals surface area contributed by atoms with Gasteiger partial charge >= 0.3 is 0 Å². The average Bonchev–Trinajstić information content (AvgIpc) is 2.04. The van der Waals surface area contributed by atoms with Crippen molar-refractivity contribution in [2.45, 2.75) is 19.8 Å². The highest BCUT2D eigenvalue weighted by Gasteiger charge is 2.20. The third-order valence-corrected chi connectivity index (χ3v) is 1.25. The Hall–Kier alpha value is -0.200. The van der Waals surface area contributed by atoms with E-state index in [4.69, 9.17) is 19.3 Å². The maximum Gasteiger partial charge on any atom is 0.277 e. The molecule has 5 heteroatoms. The summed E-state index contributed by atoms with van der Waals surface area (Å²) in [5.74, 6) is -1.54. The second-order valence-corrected chi connectivity index (χ2v) is 2.52. The molecule has 0 aromatic rings. The minimum absolute atomic E-state index is 0.0121. The van der Waals surface area contributed by atoms with Gasteiger partial charge in [0.05, 0.1) is 26.4 Å². The van der Waals surface area contributed by atoms with Crippen LogP contribution in [0.2, 0.25) is 0 Å². The quantitative estimate of drug-likeness (QED) is 0.410.